The van der Waals surface area contributed by atoms with Crippen LogP contribution in [0.5, 0.6) is 0 Å². The summed E-state index contributed by atoms with van der Waals surface area (Å²) in [5.74, 6) is -1.76. The summed E-state index contributed by atoms with van der Waals surface area (Å²) in [6.45, 7) is 0. The third kappa shape index (κ3) is 1.22. The van der Waals surface area contributed by atoms with Crippen molar-refractivity contribution >= 4 is 28.4 Å². The first-order chi connectivity index (χ1) is 8.59. The van der Waals surface area contributed by atoms with Gasteiger partial charge in [0.15, 0.2) is 0 Å². The van der Waals surface area contributed by atoms with Crippen molar-refractivity contribution in [2.24, 2.45) is 0 Å². The van der Waals surface area contributed by atoms with Crippen LogP contribution in [0.15, 0.2) is 30.3 Å². The zero-order chi connectivity index (χ0) is 12.9. The number of carbonyl (C=O) groups excluding carboxylic acids is 2. The normalized spacial score (nSPS) is 13.6. The first-order valence-electron chi connectivity index (χ1n) is 5.06. The highest BCUT2D eigenvalue weighted by Gasteiger charge is 2.33. The van der Waals surface area contributed by atoms with E-state index in [-0.39, 0.29) is 22.2 Å². The number of carbonyl (C=O) groups is 2. The Morgan fingerprint density at radius 1 is 1.06 bits per heavy atom. The average molecular weight is 243 g/mol. The van der Waals surface area contributed by atoms with Crippen LogP contribution in [-0.2, 0) is 4.74 Å². The van der Waals surface area contributed by atoms with Crippen molar-refractivity contribution in [2.45, 2.75) is 0 Å². The van der Waals surface area contributed by atoms with Gasteiger partial charge in [-0.3, -0.25) is 10.1 Å². The molecular formula is C12H5NO5. The van der Waals surface area contributed by atoms with Gasteiger partial charge in [-0.15, -0.1) is 0 Å². The van der Waals surface area contributed by atoms with Crippen LogP contribution in [0, 0.1) is 10.1 Å². The molecule has 18 heavy (non-hydrogen) atoms. The number of nitrogens with zero attached hydrogens (tertiary/aromatic N) is 1. The summed E-state index contributed by atoms with van der Waals surface area (Å²) in [4.78, 5) is 33.4. The Labute approximate surface area is 99.9 Å². The molecule has 1 aliphatic rings. The van der Waals surface area contributed by atoms with E-state index in [2.05, 4.69) is 4.74 Å². The molecule has 0 saturated carbocycles. The smallest absolute Gasteiger partial charge is 0.353 e. The monoisotopic (exact) mass is 243 g/mol. The molecule has 2 aromatic carbocycles. The molecule has 1 heterocycles. The van der Waals surface area contributed by atoms with Gasteiger partial charge in [-0.05, 0) is 17.5 Å². The van der Waals surface area contributed by atoms with Crippen molar-refractivity contribution in [3.05, 3.63) is 51.6 Å². The molecule has 0 spiro atoms. The molecule has 0 saturated heterocycles. The largest absolute Gasteiger partial charge is 0.385 e. The first-order valence-corrected chi connectivity index (χ1v) is 5.06. The molecule has 0 amide bonds. The second-order valence-corrected chi connectivity index (χ2v) is 3.80. The van der Waals surface area contributed by atoms with Crippen LogP contribution in [0.1, 0.15) is 20.7 Å². The quantitative estimate of drug-likeness (QED) is 0.331. The van der Waals surface area contributed by atoms with Crippen molar-refractivity contribution in [1.29, 1.82) is 0 Å². The summed E-state index contributed by atoms with van der Waals surface area (Å²) in [6.07, 6.45) is 0. The molecule has 0 aromatic heterocycles. The predicted molar refractivity (Wildman–Crippen MR) is 60.3 cm³/mol. The van der Waals surface area contributed by atoms with Crippen LogP contribution in [0.3, 0.4) is 0 Å². The van der Waals surface area contributed by atoms with Crippen molar-refractivity contribution in [3.8, 4) is 0 Å². The molecule has 0 bridgehead atoms. The van der Waals surface area contributed by atoms with Gasteiger partial charge in [0.2, 0.25) is 0 Å². The Hall–Kier alpha value is -2.76. The lowest BCUT2D eigenvalue weighted by Gasteiger charge is -2.14. The zero-order valence-electron chi connectivity index (χ0n) is 8.88. The van der Waals surface area contributed by atoms with Crippen molar-refractivity contribution < 1.29 is 19.2 Å². The van der Waals surface area contributed by atoms with Crippen molar-refractivity contribution in [1.82, 2.24) is 0 Å². The first kappa shape index (κ1) is 10.4. The van der Waals surface area contributed by atoms with E-state index in [1.807, 2.05) is 0 Å². The third-order valence-electron chi connectivity index (χ3n) is 2.83. The van der Waals surface area contributed by atoms with Crippen LogP contribution in [-0.4, -0.2) is 16.9 Å². The summed E-state index contributed by atoms with van der Waals surface area (Å²) >= 11 is 0. The van der Waals surface area contributed by atoms with Gasteiger partial charge in [0.25, 0.3) is 5.69 Å². The summed E-state index contributed by atoms with van der Waals surface area (Å²) in [6, 6.07) is 7.53. The van der Waals surface area contributed by atoms with E-state index in [1.165, 1.54) is 18.2 Å². The van der Waals surface area contributed by atoms with Crippen LogP contribution in [0.2, 0.25) is 0 Å². The number of benzene rings is 2. The minimum Gasteiger partial charge on any atom is -0.385 e. The van der Waals surface area contributed by atoms with E-state index in [1.54, 1.807) is 12.1 Å². The van der Waals surface area contributed by atoms with Crippen molar-refractivity contribution in [3.63, 3.8) is 0 Å². The lowest BCUT2D eigenvalue weighted by molar-refractivity contribution is -0.385. The molecule has 0 aliphatic carbocycles. The van der Waals surface area contributed by atoms with Gasteiger partial charge in [-0.25, -0.2) is 9.59 Å². The minimum absolute atomic E-state index is 0.160. The molecule has 3 rings (SSSR count). The Morgan fingerprint density at radius 3 is 2.56 bits per heavy atom. The maximum atomic E-state index is 11.7. The van der Waals surface area contributed by atoms with Gasteiger partial charge in [0.1, 0.15) is 5.56 Å². The number of rotatable bonds is 1. The maximum Gasteiger partial charge on any atom is 0.353 e. The number of nitro groups is 1. The molecule has 6 nitrogen and oxygen atoms in total. The number of hydrogen-bond donors (Lipinski definition) is 0. The van der Waals surface area contributed by atoms with E-state index in [4.69, 9.17) is 0 Å². The fourth-order valence-corrected chi connectivity index (χ4v) is 2.09. The molecule has 1 aliphatic heterocycles. The van der Waals surface area contributed by atoms with Crippen LogP contribution in [0.4, 0.5) is 5.69 Å². The van der Waals surface area contributed by atoms with E-state index < -0.39 is 16.9 Å². The van der Waals surface area contributed by atoms with E-state index in [9.17, 15) is 19.7 Å². The summed E-state index contributed by atoms with van der Waals surface area (Å²) in [5, 5.41) is 11.8. The number of hydrogen-bond acceptors (Lipinski definition) is 5. The highest BCUT2D eigenvalue weighted by molar-refractivity contribution is 6.22. The highest BCUT2D eigenvalue weighted by atomic mass is 16.6. The summed E-state index contributed by atoms with van der Waals surface area (Å²) in [7, 11) is 0. The summed E-state index contributed by atoms with van der Waals surface area (Å²) in [5.41, 5.74) is -0.342. The molecule has 0 atom stereocenters. The Morgan fingerprint density at radius 2 is 1.83 bits per heavy atom. The second kappa shape index (κ2) is 3.36. The average Bonchev–Trinajstić information content (AvgIpc) is 2.34. The Bertz CT molecular complexity index is 735. The van der Waals surface area contributed by atoms with Gasteiger partial charge in [-0.2, -0.15) is 0 Å². The fourth-order valence-electron chi connectivity index (χ4n) is 2.09. The minimum atomic E-state index is -0.976. The van der Waals surface area contributed by atoms with Gasteiger partial charge < -0.3 is 4.74 Å². The number of nitro benzene ring substituents is 1. The van der Waals surface area contributed by atoms with Crippen LogP contribution in [0.25, 0.3) is 10.8 Å². The molecular weight excluding hydrogens is 238 g/mol. The highest BCUT2D eigenvalue weighted by Crippen LogP contribution is 2.34. The van der Waals surface area contributed by atoms with Gasteiger partial charge in [0.05, 0.1) is 10.5 Å². The molecule has 0 unspecified atom stereocenters. The Kier molecular flexibility index (Phi) is 1.94. The fraction of sp³-hybridized carbons (Fsp3) is 0. The van der Waals surface area contributed by atoms with Crippen LogP contribution < -0.4 is 0 Å². The van der Waals surface area contributed by atoms with Crippen molar-refractivity contribution in [2.75, 3.05) is 0 Å². The number of cyclic esters (lactones) is 2. The number of esters is 2. The summed E-state index contributed by atoms with van der Waals surface area (Å²) < 4.78 is 4.51. The molecule has 0 radical (unpaired) electrons. The van der Waals surface area contributed by atoms with E-state index >= 15 is 0 Å². The molecule has 6 heteroatoms. The lowest BCUT2D eigenvalue weighted by atomic mass is 9.96. The SMILES string of the molecule is O=C1OC(=O)c2c([N+](=O)[O-])ccc3cccc1c23. The topological polar surface area (TPSA) is 86.5 Å². The predicted octanol–water partition coefficient (Wildman–Crippen LogP) is 2.06. The standard InChI is InChI=1S/C12H5NO5/c14-11-7-3-1-2-6-4-5-8(13(16)17)10(9(6)7)12(15)18-11/h1-5H. The van der Waals surface area contributed by atoms with E-state index in [0.29, 0.717) is 5.39 Å². The Balaban J connectivity index is 2.55. The molecule has 0 fully saturated rings. The lowest BCUT2D eigenvalue weighted by Crippen LogP contribution is -2.20. The second-order valence-electron chi connectivity index (χ2n) is 3.80. The third-order valence-corrected chi connectivity index (χ3v) is 2.83. The van der Waals surface area contributed by atoms with Gasteiger partial charge >= 0.3 is 11.9 Å². The molecule has 88 valence electrons. The molecule has 0 N–H and O–H groups in total. The van der Waals surface area contributed by atoms with Gasteiger partial charge in [-0.1, -0.05) is 12.1 Å². The van der Waals surface area contributed by atoms with E-state index in [0.717, 1.165) is 0 Å². The molecule has 2 aromatic rings. The van der Waals surface area contributed by atoms with Gasteiger partial charge in [0, 0.05) is 11.5 Å². The zero-order valence-corrected chi connectivity index (χ0v) is 8.88. The maximum absolute atomic E-state index is 11.7. The number of ether oxygens (including phenoxy) is 1. The van der Waals surface area contributed by atoms with Crippen LogP contribution >= 0.6 is 0 Å².